The molecule has 1 rings (SSSR count). The van der Waals surface area contributed by atoms with E-state index in [9.17, 15) is 0 Å². The average Bonchev–Trinajstić information content (AvgIpc) is 2.94. The molecule has 0 heterocycles. The second kappa shape index (κ2) is 5.37. The Morgan fingerprint density at radius 1 is 1.62 bits per heavy atom. The van der Waals surface area contributed by atoms with E-state index in [-0.39, 0.29) is 0 Å². The lowest BCUT2D eigenvalue weighted by atomic mass is 10.5. The second-order valence-electron chi connectivity index (χ2n) is 3.43. The van der Waals surface area contributed by atoms with Crippen LogP contribution < -0.4 is 5.73 Å². The van der Waals surface area contributed by atoms with Gasteiger partial charge >= 0.3 is 0 Å². The fraction of sp³-hybridized carbons (Fsp3) is 0.889. The molecule has 13 heavy (non-hydrogen) atoms. The molecule has 1 aliphatic rings. The molecular formula is C9H19N3S. The van der Waals surface area contributed by atoms with Crippen molar-refractivity contribution in [2.75, 3.05) is 25.6 Å². The molecule has 0 aromatic carbocycles. The molecule has 0 bridgehead atoms. The summed E-state index contributed by atoms with van der Waals surface area (Å²) >= 11 is 1.86. The summed E-state index contributed by atoms with van der Waals surface area (Å²) in [6.45, 7) is 0.865. The van der Waals surface area contributed by atoms with Gasteiger partial charge in [-0.25, -0.2) is 0 Å². The zero-order valence-electron chi connectivity index (χ0n) is 8.49. The van der Waals surface area contributed by atoms with Crippen molar-refractivity contribution in [2.24, 2.45) is 10.7 Å². The first-order valence-corrected chi connectivity index (χ1v) is 6.16. The van der Waals surface area contributed by atoms with Gasteiger partial charge in [-0.1, -0.05) is 0 Å². The Hall–Kier alpha value is -0.380. The van der Waals surface area contributed by atoms with E-state index in [0.717, 1.165) is 13.0 Å². The summed E-state index contributed by atoms with van der Waals surface area (Å²) in [6, 6.07) is 0.671. The minimum Gasteiger partial charge on any atom is -0.370 e. The molecule has 1 saturated carbocycles. The summed E-state index contributed by atoms with van der Waals surface area (Å²) in [6.07, 6.45) is 5.79. The number of hydrogen-bond donors (Lipinski definition) is 1. The van der Waals surface area contributed by atoms with E-state index < -0.39 is 0 Å². The first kappa shape index (κ1) is 10.7. The topological polar surface area (TPSA) is 41.6 Å². The highest BCUT2D eigenvalue weighted by molar-refractivity contribution is 7.98. The highest BCUT2D eigenvalue weighted by Crippen LogP contribution is 2.24. The number of aliphatic imine (C=N–C) groups is 1. The third-order valence-corrected chi connectivity index (χ3v) is 2.93. The summed E-state index contributed by atoms with van der Waals surface area (Å²) < 4.78 is 0. The highest BCUT2D eigenvalue weighted by atomic mass is 32.2. The van der Waals surface area contributed by atoms with Crippen LogP contribution in [0.25, 0.3) is 0 Å². The van der Waals surface area contributed by atoms with Crippen LogP contribution in [0.15, 0.2) is 4.99 Å². The van der Waals surface area contributed by atoms with E-state index in [4.69, 9.17) is 5.73 Å². The fourth-order valence-corrected chi connectivity index (χ4v) is 1.58. The predicted molar refractivity (Wildman–Crippen MR) is 60.3 cm³/mol. The summed E-state index contributed by atoms with van der Waals surface area (Å²) in [7, 11) is 2.03. The highest BCUT2D eigenvalue weighted by Gasteiger charge is 2.27. The van der Waals surface area contributed by atoms with Crippen molar-refractivity contribution in [2.45, 2.75) is 25.3 Å². The van der Waals surface area contributed by atoms with E-state index in [1.165, 1.54) is 18.6 Å². The van der Waals surface area contributed by atoms with E-state index in [1.807, 2.05) is 18.8 Å². The quantitative estimate of drug-likeness (QED) is 0.412. The maximum absolute atomic E-state index is 5.81. The zero-order chi connectivity index (χ0) is 9.68. The molecule has 0 saturated heterocycles. The van der Waals surface area contributed by atoms with Crippen LogP contribution in [0.3, 0.4) is 0 Å². The zero-order valence-corrected chi connectivity index (χ0v) is 9.31. The third kappa shape index (κ3) is 3.89. The molecule has 0 amide bonds. The lowest BCUT2D eigenvalue weighted by molar-refractivity contribution is 0.487. The van der Waals surface area contributed by atoms with Crippen LogP contribution in [0.2, 0.25) is 0 Å². The maximum Gasteiger partial charge on any atom is 0.191 e. The van der Waals surface area contributed by atoms with Crippen molar-refractivity contribution >= 4 is 17.7 Å². The molecule has 0 aromatic heterocycles. The fourth-order valence-electron chi connectivity index (χ4n) is 1.16. The normalized spacial score (nSPS) is 17.5. The lowest BCUT2D eigenvalue weighted by Crippen LogP contribution is -2.35. The van der Waals surface area contributed by atoms with E-state index in [0.29, 0.717) is 12.0 Å². The smallest absolute Gasteiger partial charge is 0.191 e. The standard InChI is InChI=1S/C9H19N3S/c1-12(8-4-5-8)9(10)11-6-3-7-13-2/h8H,3-7H2,1-2H3,(H2,10,11). The van der Waals surface area contributed by atoms with E-state index in [2.05, 4.69) is 16.1 Å². The van der Waals surface area contributed by atoms with Gasteiger partial charge in [0.05, 0.1) is 0 Å². The largest absolute Gasteiger partial charge is 0.370 e. The molecule has 1 fully saturated rings. The molecule has 3 nitrogen and oxygen atoms in total. The lowest BCUT2D eigenvalue weighted by Gasteiger charge is -2.16. The van der Waals surface area contributed by atoms with Crippen molar-refractivity contribution in [1.29, 1.82) is 0 Å². The summed E-state index contributed by atoms with van der Waals surface area (Å²) in [5.74, 6) is 1.88. The van der Waals surface area contributed by atoms with Gasteiger partial charge in [-0.2, -0.15) is 11.8 Å². The van der Waals surface area contributed by atoms with E-state index in [1.54, 1.807) is 0 Å². The molecule has 0 atom stereocenters. The van der Waals surface area contributed by atoms with Crippen LogP contribution >= 0.6 is 11.8 Å². The molecule has 0 aliphatic heterocycles. The Balaban J connectivity index is 2.16. The molecule has 4 heteroatoms. The number of guanidine groups is 1. The van der Waals surface area contributed by atoms with Crippen LogP contribution in [0.5, 0.6) is 0 Å². The number of rotatable bonds is 5. The minimum absolute atomic E-state index is 0.671. The first-order valence-electron chi connectivity index (χ1n) is 4.77. The van der Waals surface area contributed by atoms with Gasteiger partial charge in [-0.15, -0.1) is 0 Å². The molecule has 1 aliphatic carbocycles. The summed E-state index contributed by atoms with van der Waals surface area (Å²) in [5, 5.41) is 0. The van der Waals surface area contributed by atoms with Crippen molar-refractivity contribution < 1.29 is 0 Å². The summed E-state index contributed by atoms with van der Waals surface area (Å²) in [5.41, 5.74) is 5.81. The van der Waals surface area contributed by atoms with Gasteiger partial charge < -0.3 is 10.6 Å². The number of nitrogens with two attached hydrogens (primary N) is 1. The van der Waals surface area contributed by atoms with Gasteiger partial charge in [0, 0.05) is 19.6 Å². The predicted octanol–water partition coefficient (Wildman–Crippen LogP) is 1.15. The summed E-state index contributed by atoms with van der Waals surface area (Å²) in [4.78, 5) is 6.43. The van der Waals surface area contributed by atoms with Crippen molar-refractivity contribution in [3.05, 3.63) is 0 Å². The third-order valence-electron chi connectivity index (χ3n) is 2.24. The van der Waals surface area contributed by atoms with Crippen molar-refractivity contribution in [3.8, 4) is 0 Å². The Kier molecular flexibility index (Phi) is 4.42. The number of thioether (sulfide) groups is 1. The molecule has 0 unspecified atom stereocenters. The van der Waals surface area contributed by atoms with Gasteiger partial charge in [-0.05, 0) is 31.3 Å². The van der Waals surface area contributed by atoms with Gasteiger partial charge in [0.25, 0.3) is 0 Å². The van der Waals surface area contributed by atoms with Crippen LogP contribution in [0.4, 0.5) is 0 Å². The Morgan fingerprint density at radius 3 is 2.85 bits per heavy atom. The SMILES string of the molecule is CSCCCN=C(N)N(C)C1CC1. The average molecular weight is 201 g/mol. The molecule has 0 aromatic rings. The van der Waals surface area contributed by atoms with Gasteiger partial charge in [-0.3, -0.25) is 4.99 Å². The monoisotopic (exact) mass is 201 g/mol. The number of nitrogens with zero attached hydrogens (tertiary/aromatic N) is 2. The van der Waals surface area contributed by atoms with Crippen molar-refractivity contribution in [1.82, 2.24) is 4.90 Å². The van der Waals surface area contributed by atoms with Crippen LogP contribution in [0, 0.1) is 0 Å². The minimum atomic E-state index is 0.671. The molecule has 76 valence electrons. The van der Waals surface area contributed by atoms with Crippen molar-refractivity contribution in [3.63, 3.8) is 0 Å². The Labute approximate surface area is 84.8 Å². The number of hydrogen-bond acceptors (Lipinski definition) is 2. The van der Waals surface area contributed by atoms with Crippen LogP contribution in [-0.2, 0) is 0 Å². The Bertz CT molecular complexity index is 178. The maximum atomic E-state index is 5.81. The molecule has 0 spiro atoms. The van der Waals surface area contributed by atoms with E-state index >= 15 is 0 Å². The Morgan fingerprint density at radius 2 is 2.31 bits per heavy atom. The molecule has 2 N–H and O–H groups in total. The van der Waals surface area contributed by atoms with Gasteiger partial charge in [0.2, 0.25) is 0 Å². The molecular weight excluding hydrogens is 182 g/mol. The molecule has 0 radical (unpaired) electrons. The van der Waals surface area contributed by atoms with Crippen LogP contribution in [-0.4, -0.2) is 42.5 Å². The first-order chi connectivity index (χ1) is 6.25. The second-order valence-corrected chi connectivity index (χ2v) is 4.41. The van der Waals surface area contributed by atoms with Gasteiger partial charge in [0.15, 0.2) is 5.96 Å². The van der Waals surface area contributed by atoms with Crippen LogP contribution in [0.1, 0.15) is 19.3 Å². The van der Waals surface area contributed by atoms with Gasteiger partial charge in [0.1, 0.15) is 0 Å².